The summed E-state index contributed by atoms with van der Waals surface area (Å²) in [7, 11) is 0. The van der Waals surface area contributed by atoms with Crippen molar-refractivity contribution in [2.24, 2.45) is 0 Å². The van der Waals surface area contributed by atoms with Crippen LogP contribution in [-0.2, 0) is 5.88 Å². The summed E-state index contributed by atoms with van der Waals surface area (Å²) < 4.78 is 0. The molecule has 0 aliphatic carbocycles. The number of aromatic nitrogens is 1. The van der Waals surface area contributed by atoms with Gasteiger partial charge >= 0.3 is 0 Å². The Hall–Kier alpha value is -0.0300. The van der Waals surface area contributed by atoms with E-state index in [0.29, 0.717) is 11.0 Å². The van der Waals surface area contributed by atoms with Crippen molar-refractivity contribution in [3.05, 3.63) is 10.0 Å². The number of hydrogen-bond acceptors (Lipinski definition) is 4. The predicted octanol–water partition coefficient (Wildman–Crippen LogP) is 2.68. The molecule has 0 atom stereocenters. The van der Waals surface area contributed by atoms with Gasteiger partial charge in [0, 0.05) is 26.2 Å². The van der Waals surface area contributed by atoms with E-state index in [1.807, 2.05) is 0 Å². The summed E-state index contributed by atoms with van der Waals surface area (Å²) in [4.78, 5) is 10.1. The van der Waals surface area contributed by atoms with Crippen LogP contribution >= 0.6 is 34.5 Å². The van der Waals surface area contributed by atoms with Crippen LogP contribution in [0.2, 0.25) is 5.15 Å². The summed E-state index contributed by atoms with van der Waals surface area (Å²) in [5.74, 6) is 0.450. The number of piperazine rings is 1. The van der Waals surface area contributed by atoms with E-state index in [9.17, 15) is 0 Å². The predicted molar refractivity (Wildman–Crippen MR) is 71.0 cm³/mol. The van der Waals surface area contributed by atoms with Gasteiger partial charge in [0.25, 0.3) is 0 Å². The van der Waals surface area contributed by atoms with Gasteiger partial charge in [0.15, 0.2) is 5.13 Å². The fraction of sp³-hybridized carbons (Fsp3) is 0.700. The SMILES string of the molecule is CCN1CCN(c2nc(Cl)c(CCl)s2)CC1. The molecule has 1 aliphatic heterocycles. The van der Waals surface area contributed by atoms with Gasteiger partial charge in [-0.3, -0.25) is 0 Å². The van der Waals surface area contributed by atoms with Crippen molar-refractivity contribution >= 4 is 39.7 Å². The zero-order valence-electron chi connectivity index (χ0n) is 9.25. The smallest absolute Gasteiger partial charge is 0.187 e. The second-order valence-corrected chi connectivity index (χ2v) is 5.45. The molecule has 1 saturated heterocycles. The molecule has 6 heteroatoms. The van der Waals surface area contributed by atoms with E-state index < -0.39 is 0 Å². The van der Waals surface area contributed by atoms with Crippen molar-refractivity contribution in [2.75, 3.05) is 37.6 Å². The Kier molecular flexibility index (Phi) is 4.30. The van der Waals surface area contributed by atoms with Gasteiger partial charge in [0.1, 0.15) is 5.15 Å². The van der Waals surface area contributed by atoms with Crippen LogP contribution in [0, 0.1) is 0 Å². The fourth-order valence-corrected chi connectivity index (χ4v) is 3.32. The van der Waals surface area contributed by atoms with Crippen molar-refractivity contribution in [2.45, 2.75) is 12.8 Å². The molecule has 1 aliphatic rings. The molecule has 1 fully saturated rings. The van der Waals surface area contributed by atoms with Crippen LogP contribution in [0.25, 0.3) is 0 Å². The van der Waals surface area contributed by atoms with Crippen LogP contribution in [-0.4, -0.2) is 42.6 Å². The molecule has 16 heavy (non-hydrogen) atoms. The minimum absolute atomic E-state index is 0.450. The molecule has 0 bridgehead atoms. The first-order valence-corrected chi connectivity index (χ1v) is 7.16. The Balaban J connectivity index is 2.02. The van der Waals surface area contributed by atoms with Gasteiger partial charge in [0.2, 0.25) is 0 Å². The number of rotatable bonds is 3. The summed E-state index contributed by atoms with van der Waals surface area (Å²) in [5, 5.41) is 1.57. The molecule has 0 amide bonds. The molecule has 2 rings (SSSR count). The zero-order valence-corrected chi connectivity index (χ0v) is 11.6. The Morgan fingerprint density at radius 2 is 2.00 bits per heavy atom. The number of thiazole rings is 1. The van der Waals surface area contributed by atoms with E-state index >= 15 is 0 Å². The van der Waals surface area contributed by atoms with Gasteiger partial charge in [0.05, 0.1) is 10.8 Å². The summed E-state index contributed by atoms with van der Waals surface area (Å²) in [6.07, 6.45) is 0. The molecule has 3 nitrogen and oxygen atoms in total. The highest BCUT2D eigenvalue weighted by Crippen LogP contribution is 2.31. The van der Waals surface area contributed by atoms with E-state index in [-0.39, 0.29) is 0 Å². The Bertz CT molecular complexity index is 348. The van der Waals surface area contributed by atoms with Gasteiger partial charge in [-0.05, 0) is 6.54 Å². The number of alkyl halides is 1. The Morgan fingerprint density at radius 3 is 2.50 bits per heavy atom. The lowest BCUT2D eigenvalue weighted by Crippen LogP contribution is -2.46. The van der Waals surface area contributed by atoms with E-state index in [1.54, 1.807) is 11.3 Å². The van der Waals surface area contributed by atoms with Gasteiger partial charge in [-0.25, -0.2) is 4.98 Å². The van der Waals surface area contributed by atoms with Crippen LogP contribution in [0.4, 0.5) is 5.13 Å². The van der Waals surface area contributed by atoms with Crippen molar-refractivity contribution in [1.29, 1.82) is 0 Å². The maximum atomic E-state index is 6.00. The van der Waals surface area contributed by atoms with Crippen LogP contribution in [0.3, 0.4) is 0 Å². The monoisotopic (exact) mass is 279 g/mol. The lowest BCUT2D eigenvalue weighted by Gasteiger charge is -2.33. The molecule has 0 saturated carbocycles. The van der Waals surface area contributed by atoms with Crippen molar-refractivity contribution in [1.82, 2.24) is 9.88 Å². The topological polar surface area (TPSA) is 19.4 Å². The number of hydrogen-bond donors (Lipinski definition) is 0. The van der Waals surface area contributed by atoms with E-state index in [4.69, 9.17) is 23.2 Å². The van der Waals surface area contributed by atoms with Crippen LogP contribution < -0.4 is 4.90 Å². The average Bonchev–Trinajstić information content (AvgIpc) is 2.71. The fourth-order valence-electron chi connectivity index (χ4n) is 1.79. The number of nitrogens with zero attached hydrogens (tertiary/aromatic N) is 3. The number of halogens is 2. The third-order valence-electron chi connectivity index (χ3n) is 2.85. The molecule has 0 radical (unpaired) electrons. The molecule has 0 aromatic carbocycles. The van der Waals surface area contributed by atoms with Crippen LogP contribution in [0.5, 0.6) is 0 Å². The summed E-state index contributed by atoms with van der Waals surface area (Å²) in [5.41, 5.74) is 0. The second-order valence-electron chi connectivity index (χ2n) is 3.77. The van der Waals surface area contributed by atoms with E-state index in [0.717, 1.165) is 42.7 Å². The lowest BCUT2D eigenvalue weighted by atomic mass is 10.3. The Morgan fingerprint density at radius 1 is 1.31 bits per heavy atom. The van der Waals surface area contributed by atoms with Crippen molar-refractivity contribution in [3.63, 3.8) is 0 Å². The maximum absolute atomic E-state index is 6.00. The summed E-state index contributed by atoms with van der Waals surface area (Å²) >= 11 is 13.4. The largest absolute Gasteiger partial charge is 0.345 e. The van der Waals surface area contributed by atoms with E-state index in [1.165, 1.54) is 0 Å². The molecule has 1 aromatic rings. The number of likely N-dealkylation sites (N-methyl/N-ethyl adjacent to an activating group) is 1. The summed E-state index contributed by atoms with van der Waals surface area (Å²) in [6.45, 7) is 7.58. The molecule has 0 spiro atoms. The summed E-state index contributed by atoms with van der Waals surface area (Å²) in [6, 6.07) is 0. The normalized spacial score (nSPS) is 18.1. The Labute approximate surface area is 110 Å². The van der Waals surface area contributed by atoms with Crippen LogP contribution in [0.15, 0.2) is 0 Å². The zero-order chi connectivity index (χ0) is 11.5. The molecule has 1 aromatic heterocycles. The van der Waals surface area contributed by atoms with Crippen molar-refractivity contribution < 1.29 is 0 Å². The first kappa shape index (κ1) is 12.4. The molecule has 90 valence electrons. The van der Waals surface area contributed by atoms with Gasteiger partial charge in [-0.1, -0.05) is 29.9 Å². The first-order chi connectivity index (χ1) is 7.74. The minimum atomic E-state index is 0.450. The lowest BCUT2D eigenvalue weighted by molar-refractivity contribution is 0.271. The standard InChI is InChI=1S/C10H15Cl2N3S/c1-2-14-3-5-15(6-4-14)10-13-9(12)8(7-11)16-10/h2-7H2,1H3. The van der Waals surface area contributed by atoms with Gasteiger partial charge in [-0.2, -0.15) is 0 Å². The van der Waals surface area contributed by atoms with Crippen molar-refractivity contribution in [3.8, 4) is 0 Å². The molecule has 2 heterocycles. The third kappa shape index (κ3) is 2.62. The van der Waals surface area contributed by atoms with Crippen LogP contribution in [0.1, 0.15) is 11.8 Å². The first-order valence-electron chi connectivity index (χ1n) is 5.43. The molecule has 0 N–H and O–H groups in total. The van der Waals surface area contributed by atoms with Gasteiger partial charge < -0.3 is 9.80 Å². The second kappa shape index (κ2) is 5.54. The highest BCUT2D eigenvalue weighted by molar-refractivity contribution is 7.16. The van der Waals surface area contributed by atoms with E-state index in [2.05, 4.69) is 21.7 Å². The number of anilines is 1. The maximum Gasteiger partial charge on any atom is 0.187 e. The highest BCUT2D eigenvalue weighted by Gasteiger charge is 2.19. The molecular weight excluding hydrogens is 265 g/mol. The third-order valence-corrected chi connectivity index (χ3v) is 4.82. The molecule has 0 unspecified atom stereocenters. The molecular formula is C10H15Cl2N3S. The quantitative estimate of drug-likeness (QED) is 0.794. The minimum Gasteiger partial charge on any atom is -0.345 e. The average molecular weight is 280 g/mol. The highest BCUT2D eigenvalue weighted by atomic mass is 35.5. The van der Waals surface area contributed by atoms with Gasteiger partial charge in [-0.15, -0.1) is 11.6 Å².